The SMILES string of the molecule is C=C1O[C@@H](n2ccc(=O)[nH]c2=O)[C@](C)(OC(C)=O)[C@@H]1O. The summed E-state index contributed by atoms with van der Waals surface area (Å²) in [7, 11) is 0. The van der Waals surface area contributed by atoms with E-state index >= 15 is 0 Å². The highest BCUT2D eigenvalue weighted by molar-refractivity contribution is 5.66. The molecule has 2 N–H and O–H groups in total. The van der Waals surface area contributed by atoms with Crippen LogP contribution in [0, 0.1) is 0 Å². The lowest BCUT2D eigenvalue weighted by molar-refractivity contribution is -0.176. The van der Waals surface area contributed by atoms with E-state index < -0.39 is 35.2 Å². The molecule has 108 valence electrons. The molecule has 1 aromatic rings. The van der Waals surface area contributed by atoms with E-state index in [9.17, 15) is 19.5 Å². The molecule has 1 aromatic heterocycles. The third-order valence-corrected chi connectivity index (χ3v) is 3.07. The molecule has 1 fully saturated rings. The molecule has 0 aliphatic carbocycles. The van der Waals surface area contributed by atoms with Crippen LogP contribution in [-0.4, -0.2) is 32.3 Å². The zero-order valence-corrected chi connectivity index (χ0v) is 11.0. The largest absolute Gasteiger partial charge is 0.468 e. The van der Waals surface area contributed by atoms with Crippen LogP contribution >= 0.6 is 0 Å². The first kappa shape index (κ1) is 14.1. The molecule has 0 spiro atoms. The molecule has 0 aromatic carbocycles. The van der Waals surface area contributed by atoms with Gasteiger partial charge in [0.25, 0.3) is 5.56 Å². The summed E-state index contributed by atoms with van der Waals surface area (Å²) in [5.74, 6) is -0.677. The number of carbonyl (C=O) groups excluding carboxylic acids is 1. The third kappa shape index (κ3) is 2.14. The predicted octanol–water partition coefficient (Wildman–Crippen LogP) is -0.738. The minimum Gasteiger partial charge on any atom is -0.468 e. The average molecular weight is 282 g/mol. The smallest absolute Gasteiger partial charge is 0.331 e. The number of ether oxygens (including phenoxy) is 2. The van der Waals surface area contributed by atoms with E-state index in [1.807, 2.05) is 0 Å². The van der Waals surface area contributed by atoms with Crippen molar-refractivity contribution in [2.45, 2.75) is 31.8 Å². The quantitative estimate of drug-likeness (QED) is 0.691. The van der Waals surface area contributed by atoms with Gasteiger partial charge in [0.05, 0.1) is 0 Å². The Hall–Kier alpha value is -2.35. The predicted molar refractivity (Wildman–Crippen MR) is 66.8 cm³/mol. The Morgan fingerprint density at radius 3 is 2.80 bits per heavy atom. The van der Waals surface area contributed by atoms with Crippen molar-refractivity contribution >= 4 is 5.97 Å². The van der Waals surface area contributed by atoms with Crippen molar-refractivity contribution < 1.29 is 19.4 Å². The average Bonchev–Trinajstić information content (AvgIpc) is 2.53. The van der Waals surface area contributed by atoms with E-state index in [1.165, 1.54) is 20.0 Å². The molecule has 0 bridgehead atoms. The zero-order valence-electron chi connectivity index (χ0n) is 11.0. The van der Waals surface area contributed by atoms with Gasteiger partial charge in [-0.05, 0) is 6.92 Å². The number of hydrogen-bond donors (Lipinski definition) is 2. The number of rotatable bonds is 2. The second-order valence-corrected chi connectivity index (χ2v) is 4.63. The van der Waals surface area contributed by atoms with Crippen LogP contribution in [0.1, 0.15) is 20.1 Å². The number of carbonyl (C=O) groups is 1. The maximum Gasteiger partial charge on any atom is 0.331 e. The lowest BCUT2D eigenvalue weighted by Gasteiger charge is -2.31. The van der Waals surface area contributed by atoms with Crippen molar-refractivity contribution in [3.05, 3.63) is 45.4 Å². The summed E-state index contributed by atoms with van der Waals surface area (Å²) in [4.78, 5) is 36.1. The lowest BCUT2D eigenvalue weighted by Crippen LogP contribution is -2.48. The fourth-order valence-electron chi connectivity index (χ4n) is 2.14. The molecule has 20 heavy (non-hydrogen) atoms. The van der Waals surface area contributed by atoms with Gasteiger partial charge in [-0.1, -0.05) is 6.58 Å². The first-order chi connectivity index (χ1) is 9.25. The number of hydrogen-bond acceptors (Lipinski definition) is 6. The summed E-state index contributed by atoms with van der Waals surface area (Å²) >= 11 is 0. The summed E-state index contributed by atoms with van der Waals surface area (Å²) in [6.07, 6.45) is -1.23. The van der Waals surface area contributed by atoms with Crippen LogP contribution in [0.2, 0.25) is 0 Å². The number of nitrogens with one attached hydrogen (secondary N) is 1. The van der Waals surface area contributed by atoms with E-state index in [2.05, 4.69) is 11.6 Å². The van der Waals surface area contributed by atoms with Crippen LogP contribution in [0.3, 0.4) is 0 Å². The van der Waals surface area contributed by atoms with E-state index in [1.54, 1.807) is 0 Å². The fourth-order valence-corrected chi connectivity index (χ4v) is 2.14. The Morgan fingerprint density at radius 2 is 2.25 bits per heavy atom. The molecular formula is C12H14N2O6. The Labute approximate surface area is 113 Å². The van der Waals surface area contributed by atoms with E-state index in [4.69, 9.17) is 9.47 Å². The second-order valence-electron chi connectivity index (χ2n) is 4.63. The van der Waals surface area contributed by atoms with E-state index in [0.29, 0.717) is 0 Å². The highest BCUT2D eigenvalue weighted by Gasteiger charge is 2.55. The van der Waals surface area contributed by atoms with Gasteiger partial charge in [-0.25, -0.2) is 4.79 Å². The van der Waals surface area contributed by atoms with Crippen LogP contribution in [0.5, 0.6) is 0 Å². The molecule has 1 aliphatic heterocycles. The van der Waals surface area contributed by atoms with Crippen molar-refractivity contribution in [1.82, 2.24) is 9.55 Å². The number of nitrogens with zero attached hydrogens (tertiary/aromatic N) is 1. The fraction of sp³-hybridized carbons (Fsp3) is 0.417. The maximum atomic E-state index is 11.8. The van der Waals surface area contributed by atoms with Gasteiger partial charge in [0.15, 0.2) is 11.7 Å². The van der Waals surface area contributed by atoms with E-state index in [-0.39, 0.29) is 5.76 Å². The van der Waals surface area contributed by atoms with Crippen molar-refractivity contribution in [2.75, 3.05) is 0 Å². The summed E-state index contributed by atoms with van der Waals surface area (Å²) in [6, 6.07) is 1.12. The molecule has 3 atom stereocenters. The number of aliphatic hydroxyl groups excluding tert-OH is 1. The summed E-state index contributed by atoms with van der Waals surface area (Å²) in [5.41, 5.74) is -2.84. The minimum atomic E-state index is -1.52. The summed E-state index contributed by atoms with van der Waals surface area (Å²) < 4.78 is 11.4. The van der Waals surface area contributed by atoms with Crippen molar-refractivity contribution in [2.24, 2.45) is 0 Å². The standard InChI is InChI=1S/C12H14N2O6/c1-6-9(17)12(3,20-7(2)15)10(19-6)14-5-4-8(16)13-11(14)18/h4-5,9-10,17H,1H2,2-3H3,(H,13,16,18)/t9-,10-,12-/m1/s1. The van der Waals surface area contributed by atoms with Crippen LogP contribution in [0.25, 0.3) is 0 Å². The molecule has 2 rings (SSSR count). The Morgan fingerprint density at radius 1 is 1.60 bits per heavy atom. The van der Waals surface area contributed by atoms with Crippen LogP contribution in [0.15, 0.2) is 34.2 Å². The van der Waals surface area contributed by atoms with Gasteiger partial charge in [0.1, 0.15) is 5.76 Å². The first-order valence-corrected chi connectivity index (χ1v) is 5.80. The van der Waals surface area contributed by atoms with Crippen LogP contribution in [-0.2, 0) is 14.3 Å². The molecule has 0 unspecified atom stereocenters. The van der Waals surface area contributed by atoms with Crippen LogP contribution < -0.4 is 11.2 Å². The lowest BCUT2D eigenvalue weighted by atomic mass is 9.98. The van der Waals surface area contributed by atoms with Crippen molar-refractivity contribution in [3.63, 3.8) is 0 Å². The van der Waals surface area contributed by atoms with Gasteiger partial charge in [-0.15, -0.1) is 0 Å². The number of esters is 1. The highest BCUT2D eigenvalue weighted by Crippen LogP contribution is 2.41. The molecule has 2 heterocycles. The second kappa shape index (κ2) is 4.64. The number of aromatic nitrogens is 2. The zero-order chi connectivity index (χ0) is 15.1. The number of H-pyrrole nitrogens is 1. The summed E-state index contributed by atoms with van der Waals surface area (Å²) in [5, 5.41) is 10.1. The maximum absolute atomic E-state index is 11.8. The topological polar surface area (TPSA) is 111 Å². The van der Waals surface area contributed by atoms with Crippen molar-refractivity contribution in [3.8, 4) is 0 Å². The first-order valence-electron chi connectivity index (χ1n) is 5.80. The Balaban J connectivity index is 2.53. The minimum absolute atomic E-state index is 0.0307. The van der Waals surface area contributed by atoms with Gasteiger partial charge < -0.3 is 14.6 Å². The third-order valence-electron chi connectivity index (χ3n) is 3.07. The van der Waals surface area contributed by atoms with Gasteiger partial charge in [-0.2, -0.15) is 0 Å². The molecule has 8 heteroatoms. The molecular weight excluding hydrogens is 268 g/mol. The molecule has 8 nitrogen and oxygen atoms in total. The Bertz CT molecular complexity index is 675. The van der Waals surface area contributed by atoms with Gasteiger partial charge in [-0.3, -0.25) is 19.1 Å². The molecule has 0 radical (unpaired) electrons. The van der Waals surface area contributed by atoms with Gasteiger partial charge in [0, 0.05) is 19.2 Å². The normalized spacial score (nSPS) is 29.1. The molecule has 1 saturated heterocycles. The van der Waals surface area contributed by atoms with Gasteiger partial charge in [0.2, 0.25) is 6.23 Å². The molecule has 0 saturated carbocycles. The van der Waals surface area contributed by atoms with Gasteiger partial charge >= 0.3 is 11.7 Å². The number of aliphatic hydroxyl groups is 1. The molecule has 0 amide bonds. The van der Waals surface area contributed by atoms with Crippen molar-refractivity contribution in [1.29, 1.82) is 0 Å². The Kier molecular flexibility index (Phi) is 3.26. The monoisotopic (exact) mass is 282 g/mol. The van der Waals surface area contributed by atoms with Crippen LogP contribution in [0.4, 0.5) is 0 Å². The van der Waals surface area contributed by atoms with E-state index in [0.717, 1.165) is 10.6 Å². The number of aromatic amines is 1. The summed E-state index contributed by atoms with van der Waals surface area (Å²) in [6.45, 7) is 6.10. The molecule has 1 aliphatic rings. The highest BCUT2D eigenvalue weighted by atomic mass is 16.6.